The van der Waals surface area contributed by atoms with Crippen LogP contribution in [0, 0.1) is 5.92 Å². The second kappa shape index (κ2) is 12.3. The van der Waals surface area contributed by atoms with Crippen molar-refractivity contribution in [3.05, 3.63) is 34.7 Å². The Labute approximate surface area is 261 Å². The number of carbonyl (C=O) groups is 4. The number of morpholine rings is 1. The molecule has 0 spiro atoms. The maximum absolute atomic E-state index is 14.2. The Kier molecular flexibility index (Phi) is 8.74. The molecule has 244 valence electrons. The van der Waals surface area contributed by atoms with Crippen molar-refractivity contribution in [2.75, 3.05) is 52.5 Å². The van der Waals surface area contributed by atoms with E-state index in [0.29, 0.717) is 69.9 Å². The van der Waals surface area contributed by atoms with Gasteiger partial charge >= 0.3 is 13.3 Å². The summed E-state index contributed by atoms with van der Waals surface area (Å²) in [5.41, 5.74) is -5.26. The molecule has 3 atom stereocenters. The minimum atomic E-state index is -5.77. The van der Waals surface area contributed by atoms with Crippen LogP contribution in [0.15, 0.2) is 24.3 Å². The topological polar surface area (TPSA) is 169 Å². The number of halogens is 2. The van der Waals surface area contributed by atoms with Crippen molar-refractivity contribution < 1.29 is 47.0 Å². The van der Waals surface area contributed by atoms with Crippen LogP contribution in [0.2, 0.25) is 0 Å². The molecule has 4 fully saturated rings. The van der Waals surface area contributed by atoms with Crippen molar-refractivity contribution >= 4 is 52.6 Å². The smallest absolute Gasteiger partial charge is 0.378 e. The van der Waals surface area contributed by atoms with Crippen LogP contribution in [0.4, 0.5) is 8.78 Å². The van der Waals surface area contributed by atoms with Crippen LogP contribution in [0.25, 0.3) is 10.1 Å². The fourth-order valence-corrected chi connectivity index (χ4v) is 7.87. The van der Waals surface area contributed by atoms with E-state index in [4.69, 9.17) is 14.5 Å². The van der Waals surface area contributed by atoms with E-state index in [9.17, 15) is 32.5 Å². The third-order valence-electron chi connectivity index (χ3n) is 8.97. The maximum Gasteiger partial charge on any atom is 0.399 e. The maximum atomic E-state index is 14.2. The van der Waals surface area contributed by atoms with E-state index in [1.165, 1.54) is 12.1 Å². The molecule has 6 rings (SSSR count). The molecular weight excluding hydrogens is 635 g/mol. The van der Waals surface area contributed by atoms with E-state index in [1.54, 1.807) is 14.7 Å². The first-order valence-corrected chi connectivity index (χ1v) is 17.2. The van der Waals surface area contributed by atoms with E-state index in [2.05, 4.69) is 10.6 Å². The van der Waals surface area contributed by atoms with Gasteiger partial charge in [-0.2, -0.15) is 8.78 Å². The number of nitrogens with zero attached hydrogens (tertiary/aromatic N) is 3. The van der Waals surface area contributed by atoms with Crippen LogP contribution >= 0.6 is 18.9 Å². The van der Waals surface area contributed by atoms with Gasteiger partial charge in [0.25, 0.3) is 5.91 Å². The van der Waals surface area contributed by atoms with Gasteiger partial charge in [0, 0.05) is 49.0 Å². The summed E-state index contributed by atoms with van der Waals surface area (Å²) >= 11 is 0.988. The van der Waals surface area contributed by atoms with Gasteiger partial charge in [-0.1, -0.05) is 6.07 Å². The SMILES string of the molecule is O=C(N[C@H]1CNCC[C@H]2CC[C@@H](C(=O)N3CC(C(=O)N4CCOCC4)C3)N2C1=O)c1cc2cc(C(F)(F)P(=O)(O)O)ccc2s1. The fourth-order valence-electron chi connectivity index (χ4n) is 6.44. The Balaban J connectivity index is 1.13. The van der Waals surface area contributed by atoms with Gasteiger partial charge in [0.2, 0.25) is 17.7 Å². The summed E-state index contributed by atoms with van der Waals surface area (Å²) in [6.07, 6.45) is 1.75. The van der Waals surface area contributed by atoms with Crippen LogP contribution in [0.1, 0.15) is 34.5 Å². The Bertz CT molecular complexity index is 1560. The number of ether oxygens (including phenoxy) is 1. The summed E-state index contributed by atoms with van der Waals surface area (Å²) in [7, 11) is -5.77. The number of hydrogen-bond donors (Lipinski definition) is 4. The Hall–Kier alpha value is -3.01. The summed E-state index contributed by atoms with van der Waals surface area (Å²) in [5, 5.41) is 6.11. The molecular formula is C28H34F2N5O8PS. The van der Waals surface area contributed by atoms with Crippen molar-refractivity contribution in [2.24, 2.45) is 5.92 Å². The predicted molar refractivity (Wildman–Crippen MR) is 158 cm³/mol. The lowest BCUT2D eigenvalue weighted by atomic mass is 9.96. The Morgan fingerprint density at radius 3 is 2.49 bits per heavy atom. The highest BCUT2D eigenvalue weighted by atomic mass is 32.1. The predicted octanol–water partition coefficient (Wildman–Crippen LogP) is 0.897. The number of nitrogens with one attached hydrogen (secondary N) is 2. The molecule has 0 bridgehead atoms. The molecule has 4 N–H and O–H groups in total. The van der Waals surface area contributed by atoms with Gasteiger partial charge in [-0.3, -0.25) is 23.7 Å². The molecule has 4 aliphatic heterocycles. The van der Waals surface area contributed by atoms with Gasteiger partial charge in [-0.25, -0.2) is 0 Å². The number of likely N-dealkylation sites (tertiary alicyclic amines) is 1. The zero-order valence-corrected chi connectivity index (χ0v) is 25.9. The summed E-state index contributed by atoms with van der Waals surface area (Å²) in [6, 6.07) is 2.55. The van der Waals surface area contributed by atoms with Gasteiger partial charge in [0.15, 0.2) is 0 Å². The van der Waals surface area contributed by atoms with Gasteiger partial charge in [-0.05, 0) is 49.4 Å². The average Bonchev–Trinajstić information content (AvgIpc) is 3.60. The molecule has 1 aromatic carbocycles. The second-order valence-corrected chi connectivity index (χ2v) is 14.6. The average molecular weight is 670 g/mol. The number of thiophene rings is 1. The molecule has 13 nitrogen and oxygen atoms in total. The first-order chi connectivity index (χ1) is 21.3. The van der Waals surface area contributed by atoms with E-state index >= 15 is 0 Å². The van der Waals surface area contributed by atoms with Crippen molar-refractivity contribution in [3.63, 3.8) is 0 Å². The van der Waals surface area contributed by atoms with Crippen molar-refractivity contribution in [1.29, 1.82) is 0 Å². The number of amides is 4. The molecule has 0 radical (unpaired) electrons. The minimum Gasteiger partial charge on any atom is -0.378 e. The van der Waals surface area contributed by atoms with E-state index in [1.807, 2.05) is 0 Å². The summed E-state index contributed by atoms with van der Waals surface area (Å²) in [6.45, 7) is 3.35. The summed E-state index contributed by atoms with van der Waals surface area (Å²) in [5.74, 6) is -1.49. The molecule has 0 unspecified atom stereocenters. The third kappa shape index (κ3) is 6.11. The number of rotatable bonds is 6. The van der Waals surface area contributed by atoms with Gasteiger partial charge < -0.3 is 39.9 Å². The Morgan fingerprint density at radius 1 is 1.04 bits per heavy atom. The molecule has 4 saturated heterocycles. The number of fused-ring (bicyclic) bond motifs is 2. The minimum absolute atomic E-state index is 0.0100. The second-order valence-electron chi connectivity index (χ2n) is 11.8. The quantitative estimate of drug-likeness (QED) is 0.327. The van der Waals surface area contributed by atoms with Crippen molar-refractivity contribution in [2.45, 2.75) is 43.1 Å². The standard InChI is InChI=1S/C28H34F2N5O8PS/c29-28(30,44(40,41)42)18-1-4-22-16(11-18)12-23(45-22)24(36)32-20-13-31-6-5-19-2-3-21(35(19)26(20)38)27(39)34-14-17(15-34)25(37)33-7-9-43-10-8-33/h1,4,11-12,17,19-21,31H,2-3,5-10,13-15H2,(H,32,36)(H2,40,41,42)/t19-,20+,21+/m1/s1. The molecule has 4 aliphatic rings. The highest BCUT2D eigenvalue weighted by Gasteiger charge is 2.51. The van der Waals surface area contributed by atoms with Crippen LogP contribution in [0.3, 0.4) is 0 Å². The first-order valence-electron chi connectivity index (χ1n) is 14.8. The summed E-state index contributed by atoms with van der Waals surface area (Å²) in [4.78, 5) is 76.8. The number of benzene rings is 1. The molecule has 2 aromatic rings. The zero-order chi connectivity index (χ0) is 32.1. The van der Waals surface area contributed by atoms with Crippen LogP contribution in [0.5, 0.6) is 0 Å². The van der Waals surface area contributed by atoms with Gasteiger partial charge in [0.1, 0.15) is 12.1 Å². The monoisotopic (exact) mass is 669 g/mol. The lowest BCUT2D eigenvalue weighted by molar-refractivity contribution is -0.156. The van der Waals surface area contributed by atoms with Crippen LogP contribution < -0.4 is 10.6 Å². The van der Waals surface area contributed by atoms with E-state index < -0.39 is 42.7 Å². The van der Waals surface area contributed by atoms with Gasteiger partial charge in [-0.15, -0.1) is 11.3 Å². The molecule has 4 amide bonds. The van der Waals surface area contributed by atoms with Crippen molar-refractivity contribution in [3.8, 4) is 0 Å². The molecule has 1 aromatic heterocycles. The zero-order valence-electron chi connectivity index (χ0n) is 24.2. The largest absolute Gasteiger partial charge is 0.399 e. The highest BCUT2D eigenvalue weighted by Crippen LogP contribution is 2.59. The summed E-state index contributed by atoms with van der Waals surface area (Å²) < 4.78 is 45.6. The van der Waals surface area contributed by atoms with E-state index in [0.717, 1.165) is 23.5 Å². The van der Waals surface area contributed by atoms with Crippen molar-refractivity contribution in [1.82, 2.24) is 25.3 Å². The van der Waals surface area contributed by atoms with E-state index in [-0.39, 0.29) is 40.6 Å². The fraction of sp³-hybridized carbons (Fsp3) is 0.571. The number of carbonyl (C=O) groups excluding carboxylic acids is 4. The number of hydrogen-bond acceptors (Lipinski definition) is 8. The molecule has 0 aliphatic carbocycles. The molecule has 5 heterocycles. The van der Waals surface area contributed by atoms with Gasteiger partial charge in [0.05, 0.1) is 24.0 Å². The Morgan fingerprint density at radius 2 is 1.78 bits per heavy atom. The van der Waals surface area contributed by atoms with Crippen LogP contribution in [-0.4, -0.2) is 119 Å². The molecule has 45 heavy (non-hydrogen) atoms. The first kappa shape index (κ1) is 32.0. The normalized spacial score (nSPS) is 25.0. The molecule has 17 heteroatoms. The molecule has 0 saturated carbocycles. The van der Waals surface area contributed by atoms with Crippen LogP contribution in [-0.2, 0) is 29.3 Å². The lowest BCUT2D eigenvalue weighted by Crippen LogP contribution is -2.63. The third-order valence-corrected chi connectivity index (χ3v) is 11.1. The number of alkyl halides is 2. The highest BCUT2D eigenvalue weighted by molar-refractivity contribution is 7.52. The lowest BCUT2D eigenvalue weighted by Gasteiger charge is -2.44.